The molecule has 3 rings (SSSR count). The molecule has 21 heavy (non-hydrogen) atoms. The van der Waals surface area contributed by atoms with Gasteiger partial charge in [0.1, 0.15) is 0 Å². The summed E-state index contributed by atoms with van der Waals surface area (Å²) in [5.74, 6) is -0.363. The zero-order valence-corrected chi connectivity index (χ0v) is 12.2. The number of benzene rings is 1. The van der Waals surface area contributed by atoms with E-state index in [4.69, 9.17) is 0 Å². The second-order valence-electron chi connectivity index (χ2n) is 5.65. The molecule has 1 fully saturated rings. The van der Waals surface area contributed by atoms with Crippen LogP contribution in [0.25, 0.3) is 0 Å². The van der Waals surface area contributed by atoms with Crippen molar-refractivity contribution < 1.29 is 9.59 Å². The van der Waals surface area contributed by atoms with Crippen LogP contribution >= 0.6 is 0 Å². The van der Waals surface area contributed by atoms with Gasteiger partial charge in [0.15, 0.2) is 0 Å². The number of carbonyl (C=O) groups excluding carboxylic acids is 2. The molecule has 0 bridgehead atoms. The molecule has 1 aliphatic heterocycles. The maximum absolute atomic E-state index is 12.3. The molecule has 1 aliphatic carbocycles. The fraction of sp³-hybridized carbons (Fsp3) is 0.412. The van der Waals surface area contributed by atoms with E-state index in [0.717, 1.165) is 12.1 Å². The largest absolute Gasteiger partial charge is 0.367 e. The van der Waals surface area contributed by atoms with Crippen LogP contribution in [0.3, 0.4) is 0 Å². The Bertz CT molecular complexity index is 551. The van der Waals surface area contributed by atoms with Gasteiger partial charge >= 0.3 is 0 Å². The summed E-state index contributed by atoms with van der Waals surface area (Å²) >= 11 is 0. The molecular formula is C17H20N2O2. The van der Waals surface area contributed by atoms with Crippen LogP contribution in [0.2, 0.25) is 0 Å². The zero-order chi connectivity index (χ0) is 14.8. The third-order valence-corrected chi connectivity index (χ3v) is 4.40. The van der Waals surface area contributed by atoms with Gasteiger partial charge in [-0.15, -0.1) is 0 Å². The number of hydrogen-bond acceptors (Lipinski definition) is 3. The van der Waals surface area contributed by atoms with Crippen LogP contribution in [0.5, 0.6) is 0 Å². The van der Waals surface area contributed by atoms with Crippen LogP contribution in [-0.4, -0.2) is 23.4 Å². The van der Waals surface area contributed by atoms with Gasteiger partial charge in [0, 0.05) is 5.69 Å². The van der Waals surface area contributed by atoms with Gasteiger partial charge in [0.25, 0.3) is 0 Å². The quantitative estimate of drug-likeness (QED) is 0.683. The maximum Gasteiger partial charge on any atom is 0.234 e. The molecule has 0 radical (unpaired) electrons. The monoisotopic (exact) mass is 284 g/mol. The number of carbonyl (C=O) groups is 2. The molecule has 1 saturated heterocycles. The average molecular weight is 284 g/mol. The number of likely N-dealkylation sites (tertiary alicyclic amines) is 1. The van der Waals surface area contributed by atoms with Crippen molar-refractivity contribution in [2.45, 2.75) is 26.2 Å². The first kappa shape index (κ1) is 13.9. The highest BCUT2D eigenvalue weighted by Crippen LogP contribution is 2.34. The van der Waals surface area contributed by atoms with Gasteiger partial charge in [0.05, 0.1) is 18.5 Å². The van der Waals surface area contributed by atoms with Gasteiger partial charge in [-0.1, -0.05) is 31.2 Å². The van der Waals surface area contributed by atoms with Crippen LogP contribution in [0.4, 0.5) is 5.69 Å². The summed E-state index contributed by atoms with van der Waals surface area (Å²) in [5, 5.41) is 3.17. The highest BCUT2D eigenvalue weighted by Gasteiger charge is 2.46. The summed E-state index contributed by atoms with van der Waals surface area (Å²) in [7, 11) is 0. The number of hydrogen-bond donors (Lipinski definition) is 1. The molecule has 0 saturated carbocycles. The van der Waals surface area contributed by atoms with E-state index < -0.39 is 0 Å². The van der Waals surface area contributed by atoms with E-state index in [9.17, 15) is 9.59 Å². The molecule has 1 aromatic carbocycles. The van der Waals surface area contributed by atoms with Gasteiger partial charge in [-0.3, -0.25) is 14.5 Å². The summed E-state index contributed by atoms with van der Waals surface area (Å²) in [6.07, 6.45) is 6.40. The molecule has 0 spiro atoms. The molecule has 2 atom stereocenters. The molecule has 1 N–H and O–H groups in total. The summed E-state index contributed by atoms with van der Waals surface area (Å²) in [6, 6.07) is 8.08. The standard InChI is InChI=1S/C17H20N2O2/c1-2-12-7-9-13(10-8-12)18-11-19-16(20)14-5-3-4-6-15(14)17(19)21/h3-4,7-10,14-15,18H,2,5-6,11H2,1H3/t14-,15-/m0/s1. The van der Waals surface area contributed by atoms with Crippen molar-refractivity contribution in [2.24, 2.45) is 11.8 Å². The Hall–Kier alpha value is -2.10. The second kappa shape index (κ2) is 5.72. The molecule has 4 nitrogen and oxygen atoms in total. The molecule has 0 aromatic heterocycles. The van der Waals surface area contributed by atoms with Gasteiger partial charge in [0.2, 0.25) is 11.8 Å². The van der Waals surface area contributed by atoms with Gasteiger partial charge in [-0.05, 0) is 37.0 Å². The Balaban J connectivity index is 1.65. The number of amides is 2. The first-order chi connectivity index (χ1) is 10.2. The number of anilines is 1. The summed E-state index contributed by atoms with van der Waals surface area (Å²) < 4.78 is 0. The fourth-order valence-corrected chi connectivity index (χ4v) is 3.05. The van der Waals surface area contributed by atoms with Crippen LogP contribution in [0.1, 0.15) is 25.3 Å². The van der Waals surface area contributed by atoms with Crippen molar-refractivity contribution in [3.63, 3.8) is 0 Å². The Morgan fingerprint density at radius 3 is 2.14 bits per heavy atom. The Morgan fingerprint density at radius 2 is 1.62 bits per heavy atom. The Kier molecular flexibility index (Phi) is 3.78. The zero-order valence-electron chi connectivity index (χ0n) is 12.2. The highest BCUT2D eigenvalue weighted by molar-refractivity contribution is 6.05. The van der Waals surface area contributed by atoms with Crippen molar-refractivity contribution in [3.8, 4) is 0 Å². The predicted molar refractivity (Wildman–Crippen MR) is 81.5 cm³/mol. The van der Waals surface area contributed by atoms with Crippen molar-refractivity contribution in [1.82, 2.24) is 4.90 Å². The summed E-state index contributed by atoms with van der Waals surface area (Å²) in [6.45, 7) is 2.37. The van der Waals surface area contributed by atoms with Gasteiger partial charge < -0.3 is 5.32 Å². The van der Waals surface area contributed by atoms with Crippen LogP contribution in [-0.2, 0) is 16.0 Å². The van der Waals surface area contributed by atoms with E-state index >= 15 is 0 Å². The van der Waals surface area contributed by atoms with E-state index in [0.29, 0.717) is 12.8 Å². The van der Waals surface area contributed by atoms with Crippen LogP contribution in [0.15, 0.2) is 36.4 Å². The SMILES string of the molecule is CCc1ccc(NCN2C(=O)[C@H]3CC=CC[C@@H]3C2=O)cc1. The third kappa shape index (κ3) is 2.58. The van der Waals surface area contributed by atoms with E-state index in [1.807, 2.05) is 24.3 Å². The second-order valence-corrected chi connectivity index (χ2v) is 5.65. The minimum absolute atomic E-state index is 0.0352. The van der Waals surface area contributed by atoms with Crippen molar-refractivity contribution in [3.05, 3.63) is 42.0 Å². The lowest BCUT2D eigenvalue weighted by Crippen LogP contribution is -2.35. The maximum atomic E-state index is 12.3. The lowest BCUT2D eigenvalue weighted by molar-refractivity contribution is -0.139. The van der Waals surface area contributed by atoms with Crippen molar-refractivity contribution in [2.75, 3.05) is 12.0 Å². The smallest absolute Gasteiger partial charge is 0.234 e. The first-order valence-electron chi connectivity index (χ1n) is 7.53. The van der Waals surface area contributed by atoms with Gasteiger partial charge in [-0.25, -0.2) is 0 Å². The van der Waals surface area contributed by atoms with Crippen LogP contribution in [0, 0.1) is 11.8 Å². The average Bonchev–Trinajstić information content (AvgIpc) is 2.78. The fourth-order valence-electron chi connectivity index (χ4n) is 3.05. The molecular weight excluding hydrogens is 264 g/mol. The number of imide groups is 1. The molecule has 2 aliphatic rings. The van der Waals surface area contributed by atoms with Crippen LogP contribution < -0.4 is 5.32 Å². The van der Waals surface area contributed by atoms with E-state index in [1.165, 1.54) is 10.5 Å². The molecule has 4 heteroatoms. The predicted octanol–water partition coefficient (Wildman–Crippen LogP) is 2.57. The minimum atomic E-state index is -0.147. The minimum Gasteiger partial charge on any atom is -0.367 e. The van der Waals surface area contributed by atoms with E-state index in [2.05, 4.69) is 24.4 Å². The topological polar surface area (TPSA) is 49.4 Å². The number of nitrogens with one attached hydrogen (secondary N) is 1. The lowest BCUT2D eigenvalue weighted by Gasteiger charge is -2.16. The molecule has 0 unspecified atom stereocenters. The molecule has 2 amide bonds. The normalized spacial score (nSPS) is 24.3. The number of rotatable bonds is 4. The number of fused-ring (bicyclic) bond motifs is 1. The van der Waals surface area contributed by atoms with Gasteiger partial charge in [-0.2, -0.15) is 0 Å². The third-order valence-electron chi connectivity index (χ3n) is 4.40. The summed E-state index contributed by atoms with van der Waals surface area (Å²) in [4.78, 5) is 26.0. The summed E-state index contributed by atoms with van der Waals surface area (Å²) in [5.41, 5.74) is 2.20. The van der Waals surface area contributed by atoms with Crippen molar-refractivity contribution in [1.29, 1.82) is 0 Å². The first-order valence-corrected chi connectivity index (χ1v) is 7.53. The lowest BCUT2D eigenvalue weighted by atomic mass is 9.85. The number of aryl methyl sites for hydroxylation is 1. The van der Waals surface area contributed by atoms with E-state index in [1.54, 1.807) is 0 Å². The Labute approximate surface area is 124 Å². The number of allylic oxidation sites excluding steroid dienone is 2. The highest BCUT2D eigenvalue weighted by atomic mass is 16.2. The molecule has 1 aromatic rings. The molecule has 110 valence electrons. The Morgan fingerprint density at radius 1 is 1.05 bits per heavy atom. The molecule has 1 heterocycles. The number of nitrogens with zero attached hydrogens (tertiary/aromatic N) is 1. The van der Waals surface area contributed by atoms with E-state index in [-0.39, 0.29) is 30.3 Å². The van der Waals surface area contributed by atoms with Crippen molar-refractivity contribution >= 4 is 17.5 Å².